The first-order valence-electron chi connectivity index (χ1n) is 11.4. The number of rotatable bonds is 8. The second kappa shape index (κ2) is 11.1. The molecule has 0 saturated carbocycles. The van der Waals surface area contributed by atoms with Gasteiger partial charge in [-0.1, -0.05) is 60.7 Å². The maximum Gasteiger partial charge on any atom is 0.337 e. The smallest absolute Gasteiger partial charge is 0.337 e. The molecular formula is C26H29NO8. The van der Waals surface area contributed by atoms with Crippen molar-refractivity contribution in [3.8, 4) is 0 Å². The fourth-order valence-corrected chi connectivity index (χ4v) is 4.33. The number of esters is 1. The molecule has 186 valence electrons. The minimum Gasteiger partial charge on any atom is -0.428 e. The van der Waals surface area contributed by atoms with E-state index in [1.54, 1.807) is 0 Å². The zero-order valence-corrected chi connectivity index (χ0v) is 19.5. The van der Waals surface area contributed by atoms with Crippen LogP contribution in [0.15, 0.2) is 66.2 Å². The third kappa shape index (κ3) is 5.61. The number of benzene rings is 2. The molecule has 0 aromatic heterocycles. The van der Waals surface area contributed by atoms with E-state index in [-0.39, 0.29) is 6.61 Å². The minimum atomic E-state index is -1.40. The molecule has 9 nitrogen and oxygen atoms in total. The summed E-state index contributed by atoms with van der Waals surface area (Å²) in [6, 6.07) is 17.6. The maximum atomic E-state index is 13.0. The van der Waals surface area contributed by atoms with Crippen molar-refractivity contribution in [1.29, 1.82) is 0 Å². The lowest BCUT2D eigenvalue weighted by Crippen LogP contribution is -2.65. The van der Waals surface area contributed by atoms with Gasteiger partial charge in [0.1, 0.15) is 24.4 Å². The fraction of sp³-hybridized carbons (Fsp3) is 0.385. The van der Waals surface area contributed by atoms with Crippen molar-refractivity contribution in [3.63, 3.8) is 0 Å². The molecule has 0 aliphatic carbocycles. The van der Waals surface area contributed by atoms with Crippen molar-refractivity contribution in [3.05, 3.63) is 77.4 Å². The summed E-state index contributed by atoms with van der Waals surface area (Å²) in [4.78, 5) is 24.8. The standard InChI is InChI=1S/C26H29NO8/c1-15(28)27-21-23(30)22(29)19(14-32-2)33-26(21)35-25-20(17-11-7-4-8-12-17)18(24(31)34-25)13-16-9-5-3-6-10-16/h3-12,19,21-23,25-26,29-30H,13-14H2,1-2H3,(H,27,28)/t19-,21+,22+,23+,25+,26+/m0/s1. The van der Waals surface area contributed by atoms with Crippen molar-refractivity contribution in [1.82, 2.24) is 5.32 Å². The summed E-state index contributed by atoms with van der Waals surface area (Å²) in [5, 5.41) is 23.7. The Morgan fingerprint density at radius 1 is 1.03 bits per heavy atom. The third-order valence-corrected chi connectivity index (χ3v) is 5.99. The Balaban J connectivity index is 1.68. The second-order valence-corrected chi connectivity index (χ2v) is 8.50. The molecule has 0 spiro atoms. The number of ether oxygens (including phenoxy) is 4. The number of cyclic esters (lactones) is 1. The summed E-state index contributed by atoms with van der Waals surface area (Å²) in [5.74, 6) is -0.978. The van der Waals surface area contributed by atoms with Gasteiger partial charge in [0.05, 0.1) is 12.2 Å². The Hall–Kier alpha value is -3.08. The summed E-state index contributed by atoms with van der Waals surface area (Å²) >= 11 is 0. The molecule has 0 unspecified atom stereocenters. The van der Waals surface area contributed by atoms with Gasteiger partial charge in [0, 0.05) is 26.0 Å². The predicted octanol–water partition coefficient (Wildman–Crippen LogP) is 1.18. The van der Waals surface area contributed by atoms with Crippen molar-refractivity contribution >= 4 is 17.4 Å². The molecular weight excluding hydrogens is 454 g/mol. The number of carbonyl (C=O) groups is 2. The van der Waals surface area contributed by atoms with Crippen LogP contribution >= 0.6 is 0 Å². The molecule has 9 heteroatoms. The zero-order chi connectivity index (χ0) is 24.9. The van der Waals surface area contributed by atoms with Crippen molar-refractivity contribution in [2.24, 2.45) is 0 Å². The lowest BCUT2D eigenvalue weighted by molar-refractivity contribution is -0.297. The first kappa shape index (κ1) is 25.0. The highest BCUT2D eigenvalue weighted by atomic mass is 16.8. The van der Waals surface area contributed by atoms with Crippen LogP contribution in [0.1, 0.15) is 18.1 Å². The van der Waals surface area contributed by atoms with Crippen LogP contribution in [-0.4, -0.2) is 72.7 Å². The van der Waals surface area contributed by atoms with E-state index in [0.717, 1.165) is 11.1 Å². The quantitative estimate of drug-likeness (QED) is 0.479. The van der Waals surface area contributed by atoms with E-state index < -0.39 is 48.8 Å². The minimum absolute atomic E-state index is 0.0179. The number of aliphatic hydroxyl groups is 2. The number of hydrogen-bond donors (Lipinski definition) is 3. The largest absolute Gasteiger partial charge is 0.428 e. The number of aliphatic hydroxyl groups excluding tert-OH is 2. The molecule has 1 amide bonds. The first-order chi connectivity index (χ1) is 16.9. The lowest BCUT2D eigenvalue weighted by atomic mass is 9.95. The van der Waals surface area contributed by atoms with Crippen LogP contribution in [0.2, 0.25) is 0 Å². The first-order valence-corrected chi connectivity index (χ1v) is 11.4. The molecule has 2 aliphatic heterocycles. The number of carbonyl (C=O) groups excluding carboxylic acids is 2. The summed E-state index contributed by atoms with van der Waals surface area (Å²) < 4.78 is 22.7. The van der Waals surface area contributed by atoms with Gasteiger partial charge in [0.25, 0.3) is 0 Å². The Bertz CT molecular complexity index is 1060. The van der Waals surface area contributed by atoms with Crippen LogP contribution in [0.25, 0.3) is 5.57 Å². The monoisotopic (exact) mass is 483 g/mol. The fourth-order valence-electron chi connectivity index (χ4n) is 4.33. The van der Waals surface area contributed by atoms with E-state index >= 15 is 0 Å². The SMILES string of the molecule is COC[C@@H]1O[C@H](O[C@H]2OC(=O)C(Cc3ccccc3)=C2c2ccccc2)[C@H](NC(C)=O)[C@@H](O)[C@@H]1O. The molecule has 2 aromatic carbocycles. The molecule has 1 fully saturated rings. The molecule has 4 rings (SSSR count). The van der Waals surface area contributed by atoms with Crippen LogP contribution in [0.4, 0.5) is 0 Å². The van der Waals surface area contributed by atoms with Crippen molar-refractivity contribution in [2.45, 2.75) is 50.3 Å². The van der Waals surface area contributed by atoms with Gasteiger partial charge < -0.3 is 34.5 Å². The molecule has 35 heavy (non-hydrogen) atoms. The van der Waals surface area contributed by atoms with Crippen molar-refractivity contribution in [2.75, 3.05) is 13.7 Å². The number of amides is 1. The average Bonchev–Trinajstić information content (AvgIpc) is 3.15. The van der Waals surface area contributed by atoms with Gasteiger partial charge in [-0.2, -0.15) is 0 Å². The van der Waals surface area contributed by atoms with E-state index in [9.17, 15) is 19.8 Å². The number of hydrogen-bond acceptors (Lipinski definition) is 8. The van der Waals surface area contributed by atoms with E-state index in [1.165, 1.54) is 14.0 Å². The molecule has 0 radical (unpaired) electrons. The lowest BCUT2D eigenvalue weighted by Gasteiger charge is -2.43. The maximum absolute atomic E-state index is 13.0. The van der Waals surface area contributed by atoms with E-state index in [1.807, 2.05) is 60.7 Å². The molecule has 2 aliphatic rings. The second-order valence-electron chi connectivity index (χ2n) is 8.50. The van der Waals surface area contributed by atoms with Crippen molar-refractivity contribution < 1.29 is 38.7 Å². The Kier molecular flexibility index (Phi) is 7.94. The predicted molar refractivity (Wildman–Crippen MR) is 125 cm³/mol. The van der Waals surface area contributed by atoms with Gasteiger partial charge in [-0.3, -0.25) is 4.79 Å². The molecule has 0 bridgehead atoms. The third-order valence-electron chi connectivity index (χ3n) is 5.99. The van der Waals surface area contributed by atoms with Crippen LogP contribution in [0.5, 0.6) is 0 Å². The topological polar surface area (TPSA) is 124 Å². The summed E-state index contributed by atoms with van der Waals surface area (Å²) in [6.45, 7) is 1.26. The van der Waals surface area contributed by atoms with Crippen LogP contribution in [-0.2, 0) is 35.0 Å². The Morgan fingerprint density at radius 2 is 1.69 bits per heavy atom. The highest BCUT2D eigenvalue weighted by Crippen LogP contribution is 2.36. The van der Waals surface area contributed by atoms with E-state index in [0.29, 0.717) is 17.6 Å². The van der Waals surface area contributed by atoms with E-state index in [2.05, 4.69) is 5.32 Å². The van der Waals surface area contributed by atoms with Crippen LogP contribution in [0, 0.1) is 0 Å². The summed E-state index contributed by atoms with van der Waals surface area (Å²) in [5.41, 5.74) is 2.63. The number of methoxy groups -OCH3 is 1. The van der Waals surface area contributed by atoms with Gasteiger partial charge in [-0.05, 0) is 11.1 Å². The highest BCUT2D eigenvalue weighted by Gasteiger charge is 2.48. The van der Waals surface area contributed by atoms with Crippen LogP contribution < -0.4 is 5.32 Å². The van der Waals surface area contributed by atoms with Gasteiger partial charge in [-0.25, -0.2) is 4.79 Å². The highest BCUT2D eigenvalue weighted by molar-refractivity contribution is 6.02. The average molecular weight is 484 g/mol. The number of nitrogens with one attached hydrogen (secondary N) is 1. The normalized spacial score (nSPS) is 28.6. The van der Waals surface area contributed by atoms with Gasteiger partial charge >= 0.3 is 5.97 Å². The summed E-state index contributed by atoms with van der Waals surface area (Å²) in [6.07, 6.45) is -5.70. The Morgan fingerprint density at radius 3 is 2.31 bits per heavy atom. The zero-order valence-electron chi connectivity index (χ0n) is 19.5. The van der Waals surface area contributed by atoms with Gasteiger partial charge in [-0.15, -0.1) is 0 Å². The molecule has 1 saturated heterocycles. The molecule has 6 atom stereocenters. The van der Waals surface area contributed by atoms with Crippen LogP contribution in [0.3, 0.4) is 0 Å². The van der Waals surface area contributed by atoms with Gasteiger partial charge in [0.15, 0.2) is 6.29 Å². The molecule has 3 N–H and O–H groups in total. The summed E-state index contributed by atoms with van der Waals surface area (Å²) in [7, 11) is 1.43. The molecule has 2 aromatic rings. The molecule has 2 heterocycles. The van der Waals surface area contributed by atoms with E-state index in [4.69, 9.17) is 18.9 Å². The van der Waals surface area contributed by atoms with Gasteiger partial charge in [0.2, 0.25) is 12.2 Å². The Labute approximate surface area is 203 Å².